The van der Waals surface area contributed by atoms with Crippen LogP contribution in [-0.2, 0) is 21.4 Å². The fourth-order valence-corrected chi connectivity index (χ4v) is 6.84. The molecule has 0 spiro atoms. The molecule has 2 aromatic heterocycles. The van der Waals surface area contributed by atoms with Crippen LogP contribution in [0.2, 0.25) is 0 Å². The Kier molecular flexibility index (Phi) is 8.25. The number of carbonyl (C=O) groups excluding carboxylic acids is 1. The summed E-state index contributed by atoms with van der Waals surface area (Å²) in [6.07, 6.45) is 8.28. The van der Waals surface area contributed by atoms with Gasteiger partial charge in [-0.3, -0.25) is 14.8 Å². The van der Waals surface area contributed by atoms with Gasteiger partial charge in [0, 0.05) is 50.5 Å². The molecule has 1 amide bonds. The van der Waals surface area contributed by atoms with Gasteiger partial charge in [-0.15, -0.1) is 0 Å². The lowest BCUT2D eigenvalue weighted by Crippen LogP contribution is -2.31. The van der Waals surface area contributed by atoms with Gasteiger partial charge in [0.2, 0.25) is 15.9 Å². The minimum Gasteiger partial charge on any atom is -0.411 e. The van der Waals surface area contributed by atoms with Gasteiger partial charge in [0.05, 0.1) is 23.6 Å². The quantitative estimate of drug-likeness (QED) is 0.130. The largest absolute Gasteiger partial charge is 0.411 e. The summed E-state index contributed by atoms with van der Waals surface area (Å²) >= 11 is 0. The van der Waals surface area contributed by atoms with Crippen LogP contribution >= 0.6 is 0 Å². The summed E-state index contributed by atoms with van der Waals surface area (Å²) in [5.74, 6) is -0.942. The Bertz CT molecular complexity index is 1930. The Morgan fingerprint density at radius 1 is 0.867 bits per heavy atom. The first-order valence-electron chi connectivity index (χ1n) is 14.3. The Balaban J connectivity index is 1.48. The maximum atomic E-state index is 14.6. The lowest BCUT2D eigenvalue weighted by molar-refractivity contribution is -0.119. The number of amides is 1. The molecule has 3 aromatic carbocycles. The number of aromatic nitrogens is 2. The molecule has 0 saturated heterocycles. The Morgan fingerprint density at radius 2 is 1.49 bits per heavy atom. The molecule has 0 saturated carbocycles. The summed E-state index contributed by atoms with van der Waals surface area (Å²) in [6.45, 7) is 0.188. The summed E-state index contributed by atoms with van der Waals surface area (Å²) < 4.78 is 27.0. The first kappa shape index (κ1) is 29.9. The lowest BCUT2D eigenvalue weighted by atomic mass is 9.78. The second-order valence-electron chi connectivity index (χ2n) is 11.0. The van der Waals surface area contributed by atoms with Crippen molar-refractivity contribution >= 4 is 27.8 Å². The van der Waals surface area contributed by atoms with Gasteiger partial charge in [-0.2, -0.15) is 0 Å². The van der Waals surface area contributed by atoms with Crippen molar-refractivity contribution < 1.29 is 18.4 Å². The number of sulfonamides is 1. The lowest BCUT2D eigenvalue weighted by Gasteiger charge is -2.25. The van der Waals surface area contributed by atoms with E-state index in [0.717, 1.165) is 39.1 Å². The van der Waals surface area contributed by atoms with Crippen LogP contribution in [-0.4, -0.2) is 54.1 Å². The van der Waals surface area contributed by atoms with E-state index >= 15 is 0 Å². The molecule has 0 fully saturated rings. The van der Waals surface area contributed by atoms with Crippen LogP contribution < -0.4 is 4.90 Å². The monoisotopic (exact) mass is 617 g/mol. The van der Waals surface area contributed by atoms with E-state index in [2.05, 4.69) is 15.1 Å². The molecular weight excluding hydrogens is 586 g/mol. The van der Waals surface area contributed by atoms with Crippen molar-refractivity contribution in [2.45, 2.75) is 23.3 Å². The summed E-state index contributed by atoms with van der Waals surface area (Å²) in [5.41, 5.74) is 6.83. The minimum absolute atomic E-state index is 0.0869. The first-order chi connectivity index (χ1) is 21.8. The molecule has 6 rings (SSSR count). The molecule has 1 aliphatic heterocycles. The molecule has 1 aliphatic rings. The molecule has 0 radical (unpaired) electrons. The zero-order chi connectivity index (χ0) is 31.6. The van der Waals surface area contributed by atoms with Crippen LogP contribution in [0.4, 0.5) is 5.69 Å². The van der Waals surface area contributed by atoms with Crippen LogP contribution in [0.5, 0.6) is 0 Å². The van der Waals surface area contributed by atoms with Gasteiger partial charge in [0.25, 0.3) is 0 Å². The fourth-order valence-electron chi connectivity index (χ4n) is 5.87. The fraction of sp³-hybridized carbons (Fsp3) is 0.143. The van der Waals surface area contributed by atoms with Crippen molar-refractivity contribution in [2.75, 3.05) is 19.0 Å². The van der Waals surface area contributed by atoms with E-state index in [-0.39, 0.29) is 23.3 Å². The molecule has 0 aliphatic carbocycles. The van der Waals surface area contributed by atoms with Gasteiger partial charge >= 0.3 is 0 Å². The number of hydrogen-bond donors (Lipinski definition) is 1. The number of pyridine rings is 2. The third-order valence-corrected chi connectivity index (χ3v) is 9.93. The van der Waals surface area contributed by atoms with E-state index in [4.69, 9.17) is 5.21 Å². The maximum Gasteiger partial charge on any atom is 0.242 e. The van der Waals surface area contributed by atoms with Crippen molar-refractivity contribution in [3.05, 3.63) is 144 Å². The van der Waals surface area contributed by atoms with Crippen LogP contribution in [0.1, 0.15) is 39.7 Å². The Morgan fingerprint density at radius 3 is 2.09 bits per heavy atom. The number of carbonyl (C=O) groups is 1. The number of fused-ring (bicyclic) bond motifs is 1. The van der Waals surface area contributed by atoms with Crippen molar-refractivity contribution in [1.29, 1.82) is 0 Å². The molecule has 5 aromatic rings. The molecule has 9 nitrogen and oxygen atoms in total. The second kappa shape index (κ2) is 12.4. The average Bonchev–Trinajstić information content (AvgIpc) is 3.32. The molecule has 10 heteroatoms. The maximum absolute atomic E-state index is 14.6. The van der Waals surface area contributed by atoms with Crippen molar-refractivity contribution in [3.63, 3.8) is 0 Å². The molecule has 1 atom stereocenters. The van der Waals surface area contributed by atoms with Crippen molar-refractivity contribution in [3.8, 4) is 11.1 Å². The topological polar surface area (TPSA) is 116 Å². The molecular formula is C35H31N5O4S. The Labute approximate surface area is 262 Å². The van der Waals surface area contributed by atoms with Crippen molar-refractivity contribution in [1.82, 2.24) is 14.3 Å². The summed E-state index contributed by atoms with van der Waals surface area (Å²) in [5, 5.41) is 12.0. The molecule has 1 N–H and O–H groups in total. The van der Waals surface area contributed by atoms with E-state index in [1.165, 1.54) is 24.6 Å². The highest BCUT2D eigenvalue weighted by Gasteiger charge is 2.43. The van der Waals surface area contributed by atoms with Gasteiger partial charge in [-0.25, -0.2) is 12.7 Å². The normalized spacial score (nSPS) is 14.9. The van der Waals surface area contributed by atoms with E-state index in [9.17, 15) is 13.2 Å². The standard InChI is InChI=1S/C35H31N5O4S/c1-39(2)45(43,44)30-5-3-4-25(20-30)23-40-32-21-29(26-8-6-24(7-9-26)22-38-42)10-11-31(32)34(35(40)41)33(27-12-16-36-17-13-27)28-14-18-37-19-15-28/h3-22,33-34,42H,23H2,1-2H3. The predicted octanol–water partition coefficient (Wildman–Crippen LogP) is 5.66. The predicted molar refractivity (Wildman–Crippen MR) is 173 cm³/mol. The van der Waals surface area contributed by atoms with E-state index in [1.807, 2.05) is 72.8 Å². The highest BCUT2D eigenvalue weighted by Crippen LogP contribution is 2.49. The highest BCUT2D eigenvalue weighted by atomic mass is 32.2. The van der Waals surface area contributed by atoms with Gasteiger partial charge in [0.1, 0.15) is 0 Å². The van der Waals surface area contributed by atoms with Crippen molar-refractivity contribution in [2.24, 2.45) is 5.16 Å². The molecule has 0 bridgehead atoms. The van der Waals surface area contributed by atoms with Gasteiger partial charge < -0.3 is 10.1 Å². The third kappa shape index (κ3) is 5.85. The zero-order valence-electron chi connectivity index (χ0n) is 24.7. The average molecular weight is 618 g/mol. The number of hydrogen-bond acceptors (Lipinski definition) is 7. The number of oxime groups is 1. The van der Waals surface area contributed by atoms with Gasteiger partial charge in [-0.05, 0) is 81.4 Å². The molecule has 3 heterocycles. The Hall–Kier alpha value is -5.19. The smallest absolute Gasteiger partial charge is 0.242 e. The number of rotatable bonds is 9. The molecule has 1 unspecified atom stereocenters. The first-order valence-corrected chi connectivity index (χ1v) is 15.8. The SMILES string of the molecule is CN(C)S(=O)(=O)c1cccc(CN2C(=O)C(C(c3ccncc3)c3ccncc3)c3ccc(-c4ccc(C=NO)cc4)cc32)c1. The van der Waals surface area contributed by atoms with E-state index < -0.39 is 15.9 Å². The van der Waals surface area contributed by atoms with Crippen LogP contribution in [0.15, 0.2) is 126 Å². The second-order valence-corrected chi connectivity index (χ2v) is 13.2. The highest BCUT2D eigenvalue weighted by molar-refractivity contribution is 7.89. The van der Waals surface area contributed by atoms with Crippen LogP contribution in [0.3, 0.4) is 0 Å². The van der Waals surface area contributed by atoms with E-state index in [0.29, 0.717) is 5.56 Å². The van der Waals surface area contributed by atoms with Gasteiger partial charge in [0.15, 0.2) is 0 Å². The summed E-state index contributed by atoms with van der Waals surface area (Å²) in [7, 11) is -0.669. The van der Waals surface area contributed by atoms with Gasteiger partial charge in [-0.1, -0.05) is 53.7 Å². The van der Waals surface area contributed by atoms with E-state index in [1.54, 1.807) is 47.9 Å². The zero-order valence-corrected chi connectivity index (χ0v) is 25.5. The number of nitrogens with zero attached hydrogens (tertiary/aromatic N) is 5. The summed E-state index contributed by atoms with van der Waals surface area (Å²) in [4.78, 5) is 25.0. The number of anilines is 1. The molecule has 45 heavy (non-hydrogen) atoms. The third-order valence-electron chi connectivity index (χ3n) is 8.12. The summed E-state index contributed by atoms with van der Waals surface area (Å²) in [6, 6.07) is 28.1. The minimum atomic E-state index is -3.66. The molecule has 226 valence electrons. The van der Waals surface area contributed by atoms with Crippen LogP contribution in [0.25, 0.3) is 11.1 Å². The number of benzene rings is 3. The van der Waals surface area contributed by atoms with Crippen LogP contribution in [0, 0.1) is 0 Å².